The Balaban J connectivity index is 1.26. The van der Waals surface area contributed by atoms with Gasteiger partial charge < -0.3 is 21.1 Å². The summed E-state index contributed by atoms with van der Waals surface area (Å²) >= 11 is 0. The first-order chi connectivity index (χ1) is 20.1. The number of hydrogen-bond donors (Lipinski definition) is 4. The van der Waals surface area contributed by atoms with Crippen molar-refractivity contribution in [3.05, 3.63) is 82.8 Å². The van der Waals surface area contributed by atoms with Crippen LogP contribution in [0, 0.1) is 17.3 Å². The minimum absolute atomic E-state index is 0.0174. The maximum atomic E-state index is 13.2. The number of piperidine rings is 1. The third-order valence-electron chi connectivity index (χ3n) is 8.08. The van der Waals surface area contributed by atoms with Crippen LogP contribution in [0.25, 0.3) is 0 Å². The van der Waals surface area contributed by atoms with E-state index in [-0.39, 0.29) is 22.8 Å². The molecule has 2 aliphatic rings. The van der Waals surface area contributed by atoms with E-state index in [1.54, 1.807) is 24.4 Å². The molecular weight excluding hydrogens is 548 g/mol. The highest BCUT2D eigenvalue weighted by Crippen LogP contribution is 2.52. The van der Waals surface area contributed by atoms with Gasteiger partial charge in [-0.2, -0.15) is 0 Å². The van der Waals surface area contributed by atoms with E-state index >= 15 is 0 Å². The molecule has 2 heterocycles. The molecule has 1 unspecified atom stereocenters. The van der Waals surface area contributed by atoms with Gasteiger partial charge in [-0.05, 0) is 80.7 Å². The Labute approximate surface area is 249 Å². The number of aromatic nitrogens is 2. The predicted molar refractivity (Wildman–Crippen MR) is 166 cm³/mol. The summed E-state index contributed by atoms with van der Waals surface area (Å²) in [7, 11) is -1.19. The van der Waals surface area contributed by atoms with Crippen LogP contribution in [0.1, 0.15) is 72.5 Å². The van der Waals surface area contributed by atoms with Crippen LogP contribution >= 0.6 is 0 Å². The Morgan fingerprint density at radius 1 is 1.19 bits per heavy atom. The zero-order valence-corrected chi connectivity index (χ0v) is 25.1. The summed E-state index contributed by atoms with van der Waals surface area (Å²) < 4.78 is 16.3. The van der Waals surface area contributed by atoms with Crippen molar-refractivity contribution < 1.29 is 14.1 Å². The molecule has 1 fully saturated rings. The Bertz CT molecular complexity index is 1550. The molecule has 5 rings (SSSR count). The topological polar surface area (TPSA) is 133 Å². The molecule has 220 valence electrons. The van der Waals surface area contributed by atoms with E-state index in [0.717, 1.165) is 38.0 Å². The van der Waals surface area contributed by atoms with Crippen LogP contribution in [-0.4, -0.2) is 49.6 Å². The number of fused-ring (bicyclic) bond motifs is 1. The van der Waals surface area contributed by atoms with Crippen molar-refractivity contribution in [3.8, 4) is 11.8 Å². The molecule has 3 aromatic rings. The van der Waals surface area contributed by atoms with E-state index in [9.17, 15) is 14.1 Å². The summed E-state index contributed by atoms with van der Waals surface area (Å²) in [5.74, 6) is 6.21. The molecule has 1 saturated heterocycles. The monoisotopic (exact) mass is 586 g/mol. The maximum absolute atomic E-state index is 13.2. The van der Waals surface area contributed by atoms with Crippen LogP contribution in [0.4, 0.5) is 11.5 Å². The normalized spacial score (nSPS) is 18.2. The van der Waals surface area contributed by atoms with Gasteiger partial charge in [0.2, 0.25) is 5.91 Å². The number of nitrogens with one attached hydrogen (secondary N) is 2. The predicted octanol–water partition coefficient (Wildman–Crippen LogP) is 3.47. The summed E-state index contributed by atoms with van der Waals surface area (Å²) in [4.78, 5) is 22.8. The van der Waals surface area contributed by atoms with E-state index in [2.05, 4.69) is 61.0 Å². The number of aliphatic hydroxyl groups is 1. The van der Waals surface area contributed by atoms with Gasteiger partial charge in [0.05, 0.1) is 41.1 Å². The van der Waals surface area contributed by atoms with Crippen molar-refractivity contribution in [2.45, 2.75) is 57.4 Å². The SMILES string of the molecule is CC(C)(C)S(=O)N[C@@H]1c2ccccc2CC12CCN(c1ncc(C#CCNc3cccc(C(N)=O)c3)nc1CO)CC2. The molecule has 2 aromatic carbocycles. The van der Waals surface area contributed by atoms with Crippen molar-refractivity contribution in [1.29, 1.82) is 0 Å². The summed E-state index contributed by atoms with van der Waals surface area (Å²) in [5, 5.41) is 13.3. The summed E-state index contributed by atoms with van der Waals surface area (Å²) in [6, 6.07) is 15.4. The van der Waals surface area contributed by atoms with Crippen LogP contribution in [0.2, 0.25) is 0 Å². The van der Waals surface area contributed by atoms with Crippen LogP contribution in [-0.2, 0) is 24.0 Å². The van der Waals surface area contributed by atoms with Gasteiger partial charge in [0.25, 0.3) is 0 Å². The maximum Gasteiger partial charge on any atom is 0.248 e. The first-order valence-corrected chi connectivity index (χ1v) is 15.3. The smallest absolute Gasteiger partial charge is 0.248 e. The van der Waals surface area contributed by atoms with Gasteiger partial charge in [0, 0.05) is 24.3 Å². The molecule has 10 heteroatoms. The molecule has 0 saturated carbocycles. The number of anilines is 2. The van der Waals surface area contributed by atoms with E-state index in [4.69, 9.17) is 5.73 Å². The number of nitrogens with two attached hydrogens (primary N) is 1. The van der Waals surface area contributed by atoms with Crippen LogP contribution in [0.15, 0.2) is 54.7 Å². The van der Waals surface area contributed by atoms with Gasteiger partial charge in [0.15, 0.2) is 5.82 Å². The first-order valence-electron chi connectivity index (χ1n) is 14.2. The zero-order valence-electron chi connectivity index (χ0n) is 24.3. The molecule has 1 aromatic heterocycles. The Kier molecular flexibility index (Phi) is 8.64. The molecule has 9 nitrogen and oxygen atoms in total. The van der Waals surface area contributed by atoms with Crippen molar-refractivity contribution >= 4 is 28.4 Å². The quantitative estimate of drug-likeness (QED) is 0.312. The summed E-state index contributed by atoms with van der Waals surface area (Å²) in [6.07, 6.45) is 4.39. The van der Waals surface area contributed by atoms with Gasteiger partial charge in [-0.15, -0.1) is 0 Å². The van der Waals surface area contributed by atoms with Gasteiger partial charge in [-0.3, -0.25) is 4.79 Å². The lowest BCUT2D eigenvalue weighted by Crippen LogP contribution is -2.48. The second-order valence-corrected chi connectivity index (χ2v) is 13.9. The lowest BCUT2D eigenvalue weighted by Gasteiger charge is -2.44. The molecule has 1 aliphatic heterocycles. The molecule has 1 aliphatic carbocycles. The van der Waals surface area contributed by atoms with Gasteiger partial charge in [-0.25, -0.2) is 18.9 Å². The number of nitrogens with zero attached hydrogens (tertiary/aromatic N) is 3. The number of hydrogen-bond acceptors (Lipinski definition) is 7. The lowest BCUT2D eigenvalue weighted by molar-refractivity contribution is 0.100. The highest BCUT2D eigenvalue weighted by molar-refractivity contribution is 7.84. The van der Waals surface area contributed by atoms with Crippen molar-refractivity contribution in [3.63, 3.8) is 0 Å². The molecule has 1 amide bonds. The van der Waals surface area contributed by atoms with Crippen LogP contribution < -0.4 is 20.7 Å². The van der Waals surface area contributed by atoms with E-state index < -0.39 is 16.9 Å². The fraction of sp³-hybridized carbons (Fsp3) is 0.406. The van der Waals surface area contributed by atoms with E-state index in [1.807, 2.05) is 26.8 Å². The van der Waals surface area contributed by atoms with Crippen LogP contribution in [0.3, 0.4) is 0 Å². The van der Waals surface area contributed by atoms with Gasteiger partial charge >= 0.3 is 0 Å². The molecule has 5 N–H and O–H groups in total. The molecule has 2 atom stereocenters. The number of carbonyl (C=O) groups excluding carboxylic acids is 1. The minimum atomic E-state index is -1.19. The fourth-order valence-corrected chi connectivity index (χ4v) is 6.75. The number of amides is 1. The highest BCUT2D eigenvalue weighted by atomic mass is 32.2. The first kappa shape index (κ1) is 29.7. The number of benzene rings is 2. The number of carbonyl (C=O) groups is 1. The highest BCUT2D eigenvalue weighted by Gasteiger charge is 2.49. The van der Waals surface area contributed by atoms with Gasteiger partial charge in [0.1, 0.15) is 11.4 Å². The number of aliphatic hydroxyl groups excluding tert-OH is 1. The van der Waals surface area contributed by atoms with Crippen molar-refractivity contribution in [1.82, 2.24) is 14.7 Å². The fourth-order valence-electron chi connectivity index (χ4n) is 5.80. The third kappa shape index (κ3) is 6.33. The molecule has 0 radical (unpaired) electrons. The Morgan fingerprint density at radius 2 is 1.95 bits per heavy atom. The molecule has 42 heavy (non-hydrogen) atoms. The Hall–Kier alpha value is -3.78. The third-order valence-corrected chi connectivity index (χ3v) is 9.64. The molecular formula is C32H38N6O3S. The zero-order chi connectivity index (χ0) is 29.9. The second kappa shape index (κ2) is 12.2. The number of rotatable bonds is 7. The standard InChI is InChI=1S/C32H38N6O3S/c1-31(2,3)42(41)37-28-26-12-5-4-8-23(26)19-32(28)13-16-38(17-14-32)30-27(21-39)36-25(20-35-30)11-7-15-34-24-10-6-9-22(18-24)29(33)40/h4-6,8-10,12,18,20,28,34,37,39H,13-17,19,21H2,1-3H3,(H2,33,40)/t28-,42?/m1/s1. The molecule has 0 bridgehead atoms. The second-order valence-electron chi connectivity index (χ2n) is 11.9. The lowest BCUT2D eigenvalue weighted by atomic mass is 9.73. The minimum Gasteiger partial charge on any atom is -0.390 e. The van der Waals surface area contributed by atoms with Crippen molar-refractivity contribution in [2.24, 2.45) is 11.1 Å². The summed E-state index contributed by atoms with van der Waals surface area (Å²) in [5.41, 5.74) is 10.0. The van der Waals surface area contributed by atoms with Crippen molar-refractivity contribution in [2.75, 3.05) is 29.9 Å². The van der Waals surface area contributed by atoms with E-state index in [0.29, 0.717) is 29.3 Å². The van der Waals surface area contributed by atoms with Crippen LogP contribution in [0.5, 0.6) is 0 Å². The Morgan fingerprint density at radius 3 is 2.67 bits per heavy atom. The summed E-state index contributed by atoms with van der Waals surface area (Å²) in [6.45, 7) is 7.61. The molecule has 1 spiro atoms. The van der Waals surface area contributed by atoms with Gasteiger partial charge in [-0.1, -0.05) is 36.3 Å². The average Bonchev–Trinajstić information content (AvgIpc) is 3.27. The number of primary amides is 1. The average molecular weight is 587 g/mol. The largest absolute Gasteiger partial charge is 0.390 e. The van der Waals surface area contributed by atoms with E-state index in [1.165, 1.54) is 11.1 Å².